The number of ether oxygens (including phenoxy) is 1. The van der Waals surface area contributed by atoms with Gasteiger partial charge >= 0.3 is 0 Å². The zero-order chi connectivity index (χ0) is 14.0. The van der Waals surface area contributed by atoms with Gasteiger partial charge in [0.2, 0.25) is 0 Å². The van der Waals surface area contributed by atoms with E-state index in [2.05, 4.69) is 4.98 Å². The van der Waals surface area contributed by atoms with Crippen LogP contribution in [0.3, 0.4) is 0 Å². The van der Waals surface area contributed by atoms with Crippen LogP contribution in [0.15, 0.2) is 12.1 Å². The van der Waals surface area contributed by atoms with Gasteiger partial charge in [0, 0.05) is 18.7 Å². The number of hydrogen-bond acceptors (Lipinski definition) is 4. The Kier molecular flexibility index (Phi) is 4.62. The molecule has 1 N–H and O–H groups in total. The molecule has 7 heteroatoms. The maximum atomic E-state index is 12.4. The highest BCUT2D eigenvalue weighted by Gasteiger charge is 2.28. The molecule has 0 aliphatic carbocycles. The number of aliphatic hydroxyl groups excluding tert-OH is 1. The lowest BCUT2D eigenvalue weighted by Gasteiger charge is -2.36. The second-order valence-electron chi connectivity index (χ2n) is 4.46. The molecule has 19 heavy (non-hydrogen) atoms. The number of carbonyl (C=O) groups is 1. The third-order valence-corrected chi connectivity index (χ3v) is 3.21. The van der Waals surface area contributed by atoms with Gasteiger partial charge in [-0.3, -0.25) is 4.79 Å². The molecule has 2 atom stereocenters. The first kappa shape index (κ1) is 14.5. The molecule has 5 nitrogen and oxygen atoms in total. The number of pyridine rings is 1. The summed E-state index contributed by atoms with van der Waals surface area (Å²) in [6, 6.07) is 2.95. The molecule has 0 radical (unpaired) electrons. The summed E-state index contributed by atoms with van der Waals surface area (Å²) >= 11 is 11.6. The van der Waals surface area contributed by atoms with Crippen molar-refractivity contribution in [2.45, 2.75) is 19.1 Å². The summed E-state index contributed by atoms with van der Waals surface area (Å²) in [6.07, 6.45) is -0.483. The number of aromatic nitrogens is 1. The predicted octanol–water partition coefficient (Wildman–Crippen LogP) is 1.61. The standard InChI is InChI=1S/C12H14Cl2N2O3/c1-7-4-16(5-9(6-17)19-7)12(18)8-2-10(13)15-11(14)3-8/h2-3,7,9,17H,4-6H2,1H3. The Morgan fingerprint density at radius 3 is 2.68 bits per heavy atom. The summed E-state index contributed by atoms with van der Waals surface area (Å²) in [4.78, 5) is 17.8. The SMILES string of the molecule is CC1CN(C(=O)c2cc(Cl)nc(Cl)c2)CC(CO)O1. The van der Waals surface area contributed by atoms with Gasteiger partial charge in [-0.1, -0.05) is 23.2 Å². The molecule has 1 aromatic rings. The molecule has 1 saturated heterocycles. The average Bonchev–Trinajstić information content (AvgIpc) is 2.35. The fourth-order valence-corrected chi connectivity index (χ4v) is 2.54. The second kappa shape index (κ2) is 6.05. The maximum absolute atomic E-state index is 12.4. The van der Waals surface area contributed by atoms with Gasteiger partial charge in [-0.2, -0.15) is 0 Å². The predicted molar refractivity (Wildman–Crippen MR) is 71.6 cm³/mol. The monoisotopic (exact) mass is 304 g/mol. The Labute approximate surface area is 121 Å². The smallest absolute Gasteiger partial charge is 0.254 e. The molecule has 1 aromatic heterocycles. The van der Waals surface area contributed by atoms with Gasteiger partial charge in [0.1, 0.15) is 10.3 Å². The molecule has 1 aliphatic heterocycles. The van der Waals surface area contributed by atoms with Crippen LogP contribution in [0.2, 0.25) is 10.3 Å². The van der Waals surface area contributed by atoms with E-state index < -0.39 is 0 Å². The van der Waals surface area contributed by atoms with Crippen molar-refractivity contribution in [3.05, 3.63) is 28.0 Å². The van der Waals surface area contributed by atoms with E-state index in [1.165, 1.54) is 12.1 Å². The molecular formula is C12H14Cl2N2O3. The van der Waals surface area contributed by atoms with Crippen LogP contribution < -0.4 is 0 Å². The van der Waals surface area contributed by atoms with E-state index in [-0.39, 0.29) is 35.0 Å². The fraction of sp³-hybridized carbons (Fsp3) is 0.500. The van der Waals surface area contributed by atoms with E-state index in [1.54, 1.807) is 4.90 Å². The lowest BCUT2D eigenvalue weighted by molar-refractivity contribution is -0.0858. The molecular weight excluding hydrogens is 291 g/mol. The molecule has 1 aliphatic rings. The van der Waals surface area contributed by atoms with Crippen LogP contribution in [-0.2, 0) is 4.74 Å². The van der Waals surface area contributed by atoms with Crippen molar-refractivity contribution in [2.75, 3.05) is 19.7 Å². The zero-order valence-electron chi connectivity index (χ0n) is 10.3. The molecule has 104 valence electrons. The van der Waals surface area contributed by atoms with Crippen molar-refractivity contribution in [3.63, 3.8) is 0 Å². The minimum absolute atomic E-state index is 0.119. The zero-order valence-corrected chi connectivity index (χ0v) is 11.9. The Hall–Kier alpha value is -0.880. The van der Waals surface area contributed by atoms with Gasteiger partial charge in [0.15, 0.2) is 0 Å². The van der Waals surface area contributed by atoms with E-state index in [1.807, 2.05) is 6.92 Å². The van der Waals surface area contributed by atoms with E-state index in [0.717, 1.165) is 0 Å². The first-order chi connectivity index (χ1) is 8.99. The van der Waals surface area contributed by atoms with E-state index in [4.69, 9.17) is 33.0 Å². The summed E-state index contributed by atoms with van der Waals surface area (Å²) < 4.78 is 5.49. The topological polar surface area (TPSA) is 62.7 Å². The van der Waals surface area contributed by atoms with Crippen LogP contribution in [0, 0.1) is 0 Å². The van der Waals surface area contributed by atoms with Crippen molar-refractivity contribution >= 4 is 29.1 Å². The van der Waals surface area contributed by atoms with Gasteiger partial charge in [-0.25, -0.2) is 4.98 Å². The van der Waals surface area contributed by atoms with E-state index in [9.17, 15) is 4.79 Å². The molecule has 2 unspecified atom stereocenters. The summed E-state index contributed by atoms with van der Waals surface area (Å²) in [5.41, 5.74) is 0.385. The van der Waals surface area contributed by atoms with Gasteiger partial charge in [0.05, 0.1) is 18.8 Å². The molecule has 2 heterocycles. The van der Waals surface area contributed by atoms with E-state index in [0.29, 0.717) is 18.7 Å². The number of nitrogens with zero attached hydrogens (tertiary/aromatic N) is 2. The summed E-state index contributed by atoms with van der Waals surface area (Å²) in [6.45, 7) is 2.55. The summed E-state index contributed by atoms with van der Waals surface area (Å²) in [7, 11) is 0. The van der Waals surface area contributed by atoms with Crippen LogP contribution in [0.25, 0.3) is 0 Å². The molecule has 1 amide bonds. The van der Waals surface area contributed by atoms with Crippen LogP contribution in [0.5, 0.6) is 0 Å². The third-order valence-electron chi connectivity index (χ3n) is 2.83. The third kappa shape index (κ3) is 3.57. The largest absolute Gasteiger partial charge is 0.394 e. The van der Waals surface area contributed by atoms with Crippen molar-refractivity contribution in [1.82, 2.24) is 9.88 Å². The summed E-state index contributed by atoms with van der Waals surface area (Å²) in [5.74, 6) is -0.195. The highest BCUT2D eigenvalue weighted by Crippen LogP contribution is 2.19. The van der Waals surface area contributed by atoms with Crippen LogP contribution >= 0.6 is 23.2 Å². The van der Waals surface area contributed by atoms with E-state index >= 15 is 0 Å². The molecule has 0 spiro atoms. The number of morpholine rings is 1. The number of amides is 1. The Balaban J connectivity index is 2.18. The first-order valence-electron chi connectivity index (χ1n) is 5.88. The van der Waals surface area contributed by atoms with Crippen molar-refractivity contribution in [2.24, 2.45) is 0 Å². The minimum Gasteiger partial charge on any atom is -0.394 e. The highest BCUT2D eigenvalue weighted by atomic mass is 35.5. The van der Waals surface area contributed by atoms with Gasteiger partial charge in [-0.05, 0) is 19.1 Å². The first-order valence-corrected chi connectivity index (χ1v) is 6.64. The Morgan fingerprint density at radius 2 is 2.11 bits per heavy atom. The molecule has 0 saturated carbocycles. The highest BCUT2D eigenvalue weighted by molar-refractivity contribution is 6.33. The molecule has 1 fully saturated rings. The molecule has 2 rings (SSSR count). The number of aliphatic hydroxyl groups is 1. The summed E-state index contributed by atoms with van der Waals surface area (Å²) in [5, 5.41) is 9.51. The molecule has 0 aromatic carbocycles. The maximum Gasteiger partial charge on any atom is 0.254 e. The number of halogens is 2. The van der Waals surface area contributed by atoms with Crippen molar-refractivity contribution in [3.8, 4) is 0 Å². The Morgan fingerprint density at radius 1 is 1.47 bits per heavy atom. The fourth-order valence-electron chi connectivity index (χ4n) is 2.08. The van der Waals surface area contributed by atoms with Gasteiger partial charge in [-0.15, -0.1) is 0 Å². The minimum atomic E-state index is -0.361. The normalized spacial score (nSPS) is 23.5. The van der Waals surface area contributed by atoms with Gasteiger partial charge < -0.3 is 14.7 Å². The van der Waals surface area contributed by atoms with Crippen LogP contribution in [-0.4, -0.2) is 52.8 Å². The van der Waals surface area contributed by atoms with Crippen LogP contribution in [0.1, 0.15) is 17.3 Å². The lowest BCUT2D eigenvalue weighted by Crippen LogP contribution is -2.50. The Bertz CT molecular complexity index is 464. The van der Waals surface area contributed by atoms with Crippen LogP contribution in [0.4, 0.5) is 0 Å². The number of carbonyl (C=O) groups excluding carboxylic acids is 1. The van der Waals surface area contributed by atoms with Crippen molar-refractivity contribution < 1.29 is 14.6 Å². The number of hydrogen-bond donors (Lipinski definition) is 1. The quantitative estimate of drug-likeness (QED) is 0.843. The number of rotatable bonds is 2. The average molecular weight is 305 g/mol. The van der Waals surface area contributed by atoms with Gasteiger partial charge in [0.25, 0.3) is 5.91 Å². The molecule has 0 bridgehead atoms. The second-order valence-corrected chi connectivity index (χ2v) is 5.24. The lowest BCUT2D eigenvalue weighted by atomic mass is 10.1. The van der Waals surface area contributed by atoms with Crippen molar-refractivity contribution in [1.29, 1.82) is 0 Å².